The summed E-state index contributed by atoms with van der Waals surface area (Å²) in [6.45, 7) is 7.22. The van der Waals surface area contributed by atoms with Crippen molar-refractivity contribution in [1.82, 2.24) is 19.7 Å². The molecule has 0 aliphatic carbocycles. The number of aromatic carboxylic acids is 1. The van der Waals surface area contributed by atoms with Crippen LogP contribution in [0.4, 0.5) is 0 Å². The lowest BCUT2D eigenvalue weighted by Crippen LogP contribution is -2.36. The van der Waals surface area contributed by atoms with Crippen molar-refractivity contribution in [2.24, 2.45) is 5.92 Å². The molecule has 3 rings (SSSR count). The number of hydrogen-bond donors (Lipinski definition) is 1. The van der Waals surface area contributed by atoms with Gasteiger partial charge < -0.3 is 5.11 Å². The Balaban J connectivity index is 1.60. The van der Waals surface area contributed by atoms with Crippen LogP contribution in [0.5, 0.6) is 0 Å². The topological polar surface area (TPSA) is 71.2 Å². The van der Waals surface area contributed by atoms with Gasteiger partial charge in [-0.1, -0.05) is 19.9 Å². The first-order chi connectivity index (χ1) is 12.0. The summed E-state index contributed by atoms with van der Waals surface area (Å²) in [6, 6.07) is 4.53. The SMILES string of the molecule is CC(C)Cc1ccc(CN2CCCC(n3cc(C(=O)O)cn3)C2)cn1. The smallest absolute Gasteiger partial charge is 0.338 e. The van der Waals surface area contributed by atoms with Crippen LogP contribution in [0, 0.1) is 5.92 Å². The van der Waals surface area contributed by atoms with Crippen LogP contribution in [-0.2, 0) is 13.0 Å². The maximum atomic E-state index is 11.0. The van der Waals surface area contributed by atoms with E-state index in [9.17, 15) is 4.79 Å². The Kier molecular flexibility index (Phi) is 5.48. The fourth-order valence-electron chi connectivity index (χ4n) is 3.38. The Labute approximate surface area is 148 Å². The second kappa shape index (κ2) is 7.78. The van der Waals surface area contributed by atoms with Gasteiger partial charge in [-0.05, 0) is 43.4 Å². The quantitative estimate of drug-likeness (QED) is 0.874. The van der Waals surface area contributed by atoms with Crippen LogP contribution in [0.1, 0.15) is 54.3 Å². The number of carbonyl (C=O) groups is 1. The zero-order valence-corrected chi connectivity index (χ0v) is 14.9. The van der Waals surface area contributed by atoms with Gasteiger partial charge in [0.05, 0.1) is 17.8 Å². The maximum absolute atomic E-state index is 11.0. The van der Waals surface area contributed by atoms with Crippen LogP contribution < -0.4 is 0 Å². The van der Waals surface area contributed by atoms with E-state index >= 15 is 0 Å². The molecule has 25 heavy (non-hydrogen) atoms. The van der Waals surface area contributed by atoms with E-state index < -0.39 is 5.97 Å². The Bertz CT molecular complexity index is 708. The summed E-state index contributed by atoms with van der Waals surface area (Å²) in [4.78, 5) is 18.0. The van der Waals surface area contributed by atoms with Crippen molar-refractivity contribution in [2.45, 2.75) is 45.7 Å². The van der Waals surface area contributed by atoms with E-state index in [1.165, 1.54) is 11.8 Å². The maximum Gasteiger partial charge on any atom is 0.338 e. The molecule has 0 bridgehead atoms. The van der Waals surface area contributed by atoms with Crippen LogP contribution in [0.25, 0.3) is 0 Å². The van der Waals surface area contributed by atoms with Gasteiger partial charge in [0.25, 0.3) is 0 Å². The van der Waals surface area contributed by atoms with E-state index in [0.717, 1.165) is 44.6 Å². The Morgan fingerprint density at radius 2 is 2.20 bits per heavy atom. The molecule has 1 aliphatic heterocycles. The summed E-state index contributed by atoms with van der Waals surface area (Å²) in [6.07, 6.45) is 8.18. The van der Waals surface area contributed by atoms with Gasteiger partial charge in [-0.2, -0.15) is 5.10 Å². The standard InChI is InChI=1S/C19H26N4O2/c1-14(2)8-17-6-5-15(9-20-17)11-22-7-3-4-18(13-22)23-12-16(10-21-23)19(24)25/h5-6,9-10,12,14,18H,3-4,7-8,11,13H2,1-2H3,(H,24,25). The molecule has 1 aliphatic rings. The van der Waals surface area contributed by atoms with E-state index in [4.69, 9.17) is 5.11 Å². The fraction of sp³-hybridized carbons (Fsp3) is 0.526. The lowest BCUT2D eigenvalue weighted by Gasteiger charge is -2.32. The van der Waals surface area contributed by atoms with Crippen molar-refractivity contribution in [3.05, 3.63) is 47.5 Å². The van der Waals surface area contributed by atoms with Crippen molar-refractivity contribution in [1.29, 1.82) is 0 Å². The highest BCUT2D eigenvalue weighted by molar-refractivity contribution is 5.86. The Morgan fingerprint density at radius 1 is 1.36 bits per heavy atom. The zero-order chi connectivity index (χ0) is 17.8. The van der Waals surface area contributed by atoms with Gasteiger partial charge in [0.1, 0.15) is 0 Å². The number of likely N-dealkylation sites (tertiary alicyclic amines) is 1. The van der Waals surface area contributed by atoms with Crippen molar-refractivity contribution in [3.8, 4) is 0 Å². The van der Waals surface area contributed by atoms with E-state index in [1.807, 2.05) is 6.20 Å². The molecule has 1 unspecified atom stereocenters. The molecule has 2 aromatic rings. The van der Waals surface area contributed by atoms with E-state index in [0.29, 0.717) is 5.92 Å². The average molecular weight is 342 g/mol. The number of carboxylic acid groups (broad SMARTS) is 1. The van der Waals surface area contributed by atoms with Crippen LogP contribution in [0.15, 0.2) is 30.7 Å². The summed E-state index contributed by atoms with van der Waals surface area (Å²) in [5.74, 6) is -0.308. The lowest BCUT2D eigenvalue weighted by molar-refractivity contribution is 0.0696. The normalized spacial score (nSPS) is 18.6. The predicted octanol–water partition coefficient (Wildman–Crippen LogP) is 3.01. The van der Waals surface area contributed by atoms with Crippen molar-refractivity contribution >= 4 is 5.97 Å². The molecule has 1 N–H and O–H groups in total. The molecule has 6 nitrogen and oxygen atoms in total. The van der Waals surface area contributed by atoms with Crippen molar-refractivity contribution in [2.75, 3.05) is 13.1 Å². The van der Waals surface area contributed by atoms with Gasteiger partial charge in [-0.3, -0.25) is 14.6 Å². The van der Waals surface area contributed by atoms with Gasteiger partial charge >= 0.3 is 5.97 Å². The summed E-state index contributed by atoms with van der Waals surface area (Å²) >= 11 is 0. The number of pyridine rings is 1. The Hall–Kier alpha value is -2.21. The average Bonchev–Trinajstić information content (AvgIpc) is 3.07. The fourth-order valence-corrected chi connectivity index (χ4v) is 3.38. The highest BCUT2D eigenvalue weighted by Gasteiger charge is 2.22. The van der Waals surface area contributed by atoms with E-state index in [-0.39, 0.29) is 11.6 Å². The number of aromatic nitrogens is 3. The minimum absolute atomic E-state index is 0.232. The second-order valence-corrected chi connectivity index (χ2v) is 7.30. The van der Waals surface area contributed by atoms with Gasteiger partial charge in [0.2, 0.25) is 0 Å². The molecule has 0 amide bonds. The molecule has 2 aromatic heterocycles. The molecule has 0 saturated carbocycles. The highest BCUT2D eigenvalue weighted by Crippen LogP contribution is 2.22. The second-order valence-electron chi connectivity index (χ2n) is 7.30. The molecule has 3 heterocycles. The van der Waals surface area contributed by atoms with Gasteiger partial charge in [0.15, 0.2) is 0 Å². The number of hydrogen-bond acceptors (Lipinski definition) is 4. The first-order valence-corrected chi connectivity index (χ1v) is 8.95. The van der Waals surface area contributed by atoms with Gasteiger partial charge in [-0.25, -0.2) is 4.79 Å². The van der Waals surface area contributed by atoms with Gasteiger partial charge in [0, 0.05) is 31.2 Å². The predicted molar refractivity (Wildman–Crippen MR) is 95.5 cm³/mol. The minimum Gasteiger partial charge on any atom is -0.478 e. The lowest BCUT2D eigenvalue weighted by atomic mass is 10.0. The molecule has 1 saturated heterocycles. The molecule has 1 atom stereocenters. The van der Waals surface area contributed by atoms with E-state index in [1.54, 1.807) is 10.9 Å². The Morgan fingerprint density at radius 3 is 2.84 bits per heavy atom. The summed E-state index contributed by atoms with van der Waals surface area (Å²) in [5, 5.41) is 13.3. The number of carboxylic acids is 1. The molecule has 6 heteroatoms. The van der Waals surface area contributed by atoms with Crippen LogP contribution in [-0.4, -0.2) is 43.8 Å². The monoisotopic (exact) mass is 342 g/mol. The summed E-state index contributed by atoms with van der Waals surface area (Å²) < 4.78 is 1.81. The number of rotatable bonds is 6. The third-order valence-corrected chi connectivity index (χ3v) is 4.61. The molecule has 134 valence electrons. The van der Waals surface area contributed by atoms with Crippen molar-refractivity contribution < 1.29 is 9.90 Å². The molecular weight excluding hydrogens is 316 g/mol. The molecule has 0 aromatic carbocycles. The largest absolute Gasteiger partial charge is 0.478 e. The molecule has 1 fully saturated rings. The summed E-state index contributed by atoms with van der Waals surface area (Å²) in [5.41, 5.74) is 2.62. The van der Waals surface area contributed by atoms with E-state index in [2.05, 4.69) is 41.0 Å². The first kappa shape index (κ1) is 17.6. The molecule has 0 spiro atoms. The van der Waals surface area contributed by atoms with Crippen LogP contribution in [0.2, 0.25) is 0 Å². The molecule has 0 radical (unpaired) electrons. The third kappa shape index (κ3) is 4.66. The highest BCUT2D eigenvalue weighted by atomic mass is 16.4. The molecular formula is C19H26N4O2. The third-order valence-electron chi connectivity index (χ3n) is 4.61. The van der Waals surface area contributed by atoms with Crippen LogP contribution >= 0.6 is 0 Å². The zero-order valence-electron chi connectivity index (χ0n) is 14.9. The first-order valence-electron chi connectivity index (χ1n) is 8.95. The number of nitrogens with zero attached hydrogens (tertiary/aromatic N) is 4. The number of piperidine rings is 1. The summed E-state index contributed by atoms with van der Waals surface area (Å²) in [7, 11) is 0. The van der Waals surface area contributed by atoms with Crippen molar-refractivity contribution in [3.63, 3.8) is 0 Å². The van der Waals surface area contributed by atoms with Crippen LogP contribution in [0.3, 0.4) is 0 Å². The van der Waals surface area contributed by atoms with Gasteiger partial charge in [-0.15, -0.1) is 0 Å². The minimum atomic E-state index is -0.925.